The summed E-state index contributed by atoms with van der Waals surface area (Å²) in [4.78, 5) is 0. The fourth-order valence-electron chi connectivity index (χ4n) is 0.800. The van der Waals surface area contributed by atoms with Crippen LogP contribution in [0.2, 0.25) is 0 Å². The van der Waals surface area contributed by atoms with Crippen molar-refractivity contribution in [1.29, 1.82) is 0 Å². The molecular formula is C6H6Cl2N2O4S. The number of nitrogens with one attached hydrogen (secondary N) is 1. The molecule has 9 heteroatoms. The van der Waals surface area contributed by atoms with Gasteiger partial charge in [0.15, 0.2) is 0 Å². The second-order valence-corrected chi connectivity index (χ2v) is 4.43. The first kappa shape index (κ1) is 12.7. The first-order valence-corrected chi connectivity index (χ1v) is 5.98. The highest BCUT2D eigenvalue weighted by Crippen LogP contribution is 2.30. The van der Waals surface area contributed by atoms with Gasteiger partial charge in [0, 0.05) is 6.20 Å². The Balaban J connectivity index is 0.000000195. The first-order valence-electron chi connectivity index (χ1n) is 3.46. The summed E-state index contributed by atoms with van der Waals surface area (Å²) >= 11 is 7.37. The predicted octanol–water partition coefficient (Wildman–Crippen LogP) is -2.18. The molecule has 0 unspecified atom stereocenters. The van der Waals surface area contributed by atoms with Crippen molar-refractivity contribution in [2.75, 3.05) is 0 Å². The number of allylic oxidation sites excluding steroid dienone is 2. The lowest BCUT2D eigenvalue weighted by Gasteiger charge is -2.21. The summed E-state index contributed by atoms with van der Waals surface area (Å²) in [6.07, 6.45) is 5.75. The molecule has 2 aliphatic heterocycles. The quantitative estimate of drug-likeness (QED) is 0.483. The number of nitrogens with zero attached hydrogens (tertiary/aromatic N) is 1. The Morgan fingerprint density at radius 2 is 2.00 bits per heavy atom. The van der Waals surface area contributed by atoms with Crippen LogP contribution in [0.15, 0.2) is 33.9 Å². The van der Waals surface area contributed by atoms with Crippen LogP contribution in [0.3, 0.4) is 0 Å². The van der Waals surface area contributed by atoms with Gasteiger partial charge >= 0.3 is 0 Å². The normalized spacial score (nSPS) is 18.3. The van der Waals surface area contributed by atoms with Crippen LogP contribution < -0.4 is 19.4 Å². The number of thioether (sulfide) groups is 1. The number of rotatable bonds is 0. The van der Waals surface area contributed by atoms with Crippen LogP contribution in [-0.2, 0) is 0 Å². The van der Waals surface area contributed by atoms with Crippen LogP contribution in [0, 0.1) is 10.2 Å². The molecule has 0 fully saturated rings. The van der Waals surface area contributed by atoms with Gasteiger partial charge in [0.25, 0.3) is 0 Å². The third kappa shape index (κ3) is 5.28. The molecule has 2 N–H and O–H groups in total. The minimum absolute atomic E-state index is 0.649. The van der Waals surface area contributed by atoms with E-state index in [4.69, 9.17) is 30.2 Å². The smallest absolute Gasteiger partial charge is 0.121 e. The van der Waals surface area contributed by atoms with Gasteiger partial charge in [0.1, 0.15) is 5.16 Å². The van der Waals surface area contributed by atoms with Crippen molar-refractivity contribution in [3.05, 3.63) is 33.9 Å². The average Bonchev–Trinajstić information content (AvgIpc) is 2.47. The van der Waals surface area contributed by atoms with E-state index in [1.54, 1.807) is 11.8 Å². The molecule has 0 radical (unpaired) electrons. The van der Waals surface area contributed by atoms with E-state index >= 15 is 0 Å². The second kappa shape index (κ2) is 5.08. The lowest BCUT2D eigenvalue weighted by molar-refractivity contribution is -1.92. The van der Waals surface area contributed by atoms with Crippen molar-refractivity contribution < 1.29 is 28.9 Å². The molecule has 2 rings (SSSR count). The zero-order chi connectivity index (χ0) is 11.5. The van der Waals surface area contributed by atoms with Gasteiger partial charge in [0.05, 0.1) is 19.9 Å². The van der Waals surface area contributed by atoms with E-state index in [9.17, 15) is 0 Å². The van der Waals surface area contributed by atoms with Gasteiger partial charge in [0.2, 0.25) is 0 Å². The zero-order valence-electron chi connectivity index (χ0n) is 7.09. The maximum atomic E-state index is 8.60. The third-order valence-electron chi connectivity index (χ3n) is 1.24. The summed E-state index contributed by atoms with van der Waals surface area (Å²) in [6, 6.07) is 0. The number of hydrazine groups is 1. The van der Waals surface area contributed by atoms with Crippen molar-refractivity contribution in [2.24, 2.45) is 0 Å². The maximum absolute atomic E-state index is 8.60. The molecule has 0 spiro atoms. The van der Waals surface area contributed by atoms with Gasteiger partial charge in [-0.3, -0.25) is 10.4 Å². The standard InChI is InChI=1S/C6H5ClN2S.ClHO4/c7-5-1-2-6-9(8-5)3-4-10-6;2-1(3,4)5/h1-4,8H;(H,2,3,4,5). The Morgan fingerprint density at radius 1 is 1.40 bits per heavy atom. The fourth-order valence-corrected chi connectivity index (χ4v) is 1.64. The molecular weight excluding hydrogens is 267 g/mol. The van der Waals surface area contributed by atoms with Crippen molar-refractivity contribution >= 4 is 23.4 Å². The summed E-state index contributed by atoms with van der Waals surface area (Å²) in [6.45, 7) is 0. The molecule has 0 saturated carbocycles. The van der Waals surface area contributed by atoms with Crippen LogP contribution in [0.1, 0.15) is 0 Å². The summed E-state index contributed by atoms with van der Waals surface area (Å²) in [5.41, 5.74) is 2.96. The molecule has 0 bridgehead atoms. The van der Waals surface area contributed by atoms with Crippen molar-refractivity contribution in [1.82, 2.24) is 10.4 Å². The highest BCUT2D eigenvalue weighted by Gasteiger charge is 2.14. The number of halogens is 2. The van der Waals surface area contributed by atoms with Gasteiger partial charge in [-0.25, -0.2) is 0 Å². The Kier molecular flexibility index (Phi) is 4.29. The average molecular weight is 273 g/mol. The topological polar surface area (TPSA) is 105 Å². The Hall–Kier alpha value is -0.410. The van der Waals surface area contributed by atoms with E-state index in [2.05, 4.69) is 5.43 Å². The number of hydrogen-bond donors (Lipinski definition) is 2. The number of hydrogen-bond acceptors (Lipinski definition) is 7. The van der Waals surface area contributed by atoms with Crippen LogP contribution >= 0.6 is 23.4 Å². The van der Waals surface area contributed by atoms with Crippen molar-refractivity contribution in [3.63, 3.8) is 0 Å². The maximum Gasteiger partial charge on any atom is 0.121 e. The molecule has 0 aromatic carbocycles. The molecule has 0 aromatic rings. The van der Waals surface area contributed by atoms with Gasteiger partial charge in [-0.1, -0.05) is 23.4 Å². The fraction of sp³-hybridized carbons (Fsp3) is 0. The van der Waals surface area contributed by atoms with Gasteiger partial charge in [-0.15, -0.1) is 0 Å². The second-order valence-electron chi connectivity index (χ2n) is 2.30. The minimum Gasteiger partial charge on any atom is -0.283 e. The van der Waals surface area contributed by atoms with E-state index in [0.717, 1.165) is 5.03 Å². The molecule has 6 nitrogen and oxygen atoms in total. The lowest BCUT2D eigenvalue weighted by atomic mass is 10.5. The molecule has 0 atom stereocenters. The van der Waals surface area contributed by atoms with E-state index in [-0.39, 0.29) is 0 Å². The first-order chi connectivity index (χ1) is 6.86. The van der Waals surface area contributed by atoms with Crippen molar-refractivity contribution in [3.8, 4) is 0 Å². The predicted molar refractivity (Wildman–Crippen MR) is 45.9 cm³/mol. The molecule has 84 valence electrons. The minimum atomic E-state index is -4.69. The van der Waals surface area contributed by atoms with Crippen LogP contribution in [0.25, 0.3) is 0 Å². The molecule has 2 heterocycles. The van der Waals surface area contributed by atoms with Gasteiger partial charge in [-0.2, -0.15) is 14.0 Å². The summed E-state index contributed by atoms with van der Waals surface area (Å²) in [5.74, 6) is 0. The highest BCUT2D eigenvalue weighted by molar-refractivity contribution is 8.06. The van der Waals surface area contributed by atoms with Crippen LogP contribution in [0.4, 0.5) is 0 Å². The summed E-state index contributed by atoms with van der Waals surface area (Å²) in [5, 5.41) is 5.69. The van der Waals surface area contributed by atoms with Gasteiger partial charge in [-0.05, 0) is 17.6 Å². The monoisotopic (exact) mass is 272 g/mol. The Morgan fingerprint density at radius 3 is 2.60 bits per heavy atom. The van der Waals surface area contributed by atoms with E-state index in [0.29, 0.717) is 5.16 Å². The van der Waals surface area contributed by atoms with Crippen LogP contribution in [-0.4, -0.2) is 9.67 Å². The molecule has 0 amide bonds. The van der Waals surface area contributed by atoms with Crippen LogP contribution in [0.5, 0.6) is 0 Å². The SMILES string of the molecule is ClC1=CC=C2SC=CN2N1.[O-][Cl+3]([O-])([O-])O. The van der Waals surface area contributed by atoms with E-state index < -0.39 is 10.2 Å². The van der Waals surface area contributed by atoms with Crippen molar-refractivity contribution in [2.45, 2.75) is 0 Å². The summed E-state index contributed by atoms with van der Waals surface area (Å²) < 4.78 is 32.7. The van der Waals surface area contributed by atoms with E-state index in [1.165, 1.54) is 0 Å². The third-order valence-corrected chi connectivity index (χ3v) is 2.28. The highest BCUT2D eigenvalue weighted by atomic mass is 35.7. The molecule has 0 aromatic heterocycles. The summed E-state index contributed by atoms with van der Waals surface area (Å²) in [7, 11) is -4.69. The molecule has 2 aliphatic rings. The number of fused-ring (bicyclic) bond motifs is 1. The van der Waals surface area contributed by atoms with Gasteiger partial charge < -0.3 is 0 Å². The molecule has 15 heavy (non-hydrogen) atoms. The largest absolute Gasteiger partial charge is 0.283 e. The molecule has 0 saturated heterocycles. The Labute approximate surface area is 96.8 Å². The molecule has 0 aliphatic carbocycles. The van der Waals surface area contributed by atoms with E-state index in [1.807, 2.05) is 28.8 Å². The Bertz CT molecular complexity index is 320. The zero-order valence-corrected chi connectivity index (χ0v) is 9.42. The lowest BCUT2D eigenvalue weighted by Crippen LogP contribution is -2.58.